The lowest BCUT2D eigenvalue weighted by Crippen LogP contribution is -2.38. The van der Waals surface area contributed by atoms with E-state index in [0.717, 1.165) is 57.0 Å². The van der Waals surface area contributed by atoms with Gasteiger partial charge >= 0.3 is 0 Å². The molecule has 0 aromatic carbocycles. The molecular formula is C18H31NO3. The molecule has 1 spiro atoms. The Bertz CT molecular complexity index is 353. The van der Waals surface area contributed by atoms with E-state index >= 15 is 0 Å². The normalized spacial score (nSPS) is 34.6. The van der Waals surface area contributed by atoms with Gasteiger partial charge in [0.1, 0.15) is 0 Å². The van der Waals surface area contributed by atoms with E-state index in [4.69, 9.17) is 14.2 Å². The second kappa shape index (κ2) is 6.76. The fraction of sp³-hybridized carbons (Fsp3) is 1.00. The van der Waals surface area contributed by atoms with Gasteiger partial charge in [-0.15, -0.1) is 0 Å². The maximum absolute atomic E-state index is 5.85. The van der Waals surface area contributed by atoms with Crippen molar-refractivity contribution in [2.75, 3.05) is 46.1 Å². The second-order valence-corrected chi connectivity index (χ2v) is 7.81. The molecule has 0 unspecified atom stereocenters. The molecule has 4 rings (SSSR count). The van der Waals surface area contributed by atoms with Crippen LogP contribution >= 0.6 is 0 Å². The number of rotatable bonds is 3. The molecule has 3 aliphatic heterocycles. The summed E-state index contributed by atoms with van der Waals surface area (Å²) in [6, 6.07) is 0. The summed E-state index contributed by atoms with van der Waals surface area (Å²) in [6.07, 6.45) is 8.76. The summed E-state index contributed by atoms with van der Waals surface area (Å²) in [4.78, 5) is 2.74. The average Bonchev–Trinajstić information content (AvgIpc) is 3.21. The van der Waals surface area contributed by atoms with Gasteiger partial charge in [-0.3, -0.25) is 0 Å². The van der Waals surface area contributed by atoms with Gasteiger partial charge in [-0.05, 0) is 56.4 Å². The minimum Gasteiger partial charge on any atom is -0.381 e. The van der Waals surface area contributed by atoms with E-state index in [1.54, 1.807) is 0 Å². The highest BCUT2D eigenvalue weighted by molar-refractivity contribution is 4.87. The van der Waals surface area contributed by atoms with Crippen LogP contribution in [0.3, 0.4) is 0 Å². The Balaban J connectivity index is 1.21. The number of hydrogen-bond donors (Lipinski definition) is 0. The van der Waals surface area contributed by atoms with Gasteiger partial charge in [0.25, 0.3) is 0 Å². The molecule has 1 aliphatic carbocycles. The van der Waals surface area contributed by atoms with Crippen molar-refractivity contribution >= 4 is 0 Å². The Morgan fingerprint density at radius 2 is 1.55 bits per heavy atom. The van der Waals surface area contributed by atoms with E-state index in [-0.39, 0.29) is 5.79 Å². The molecule has 4 aliphatic rings. The van der Waals surface area contributed by atoms with Crippen molar-refractivity contribution in [2.24, 2.45) is 17.8 Å². The minimum atomic E-state index is -0.188. The van der Waals surface area contributed by atoms with Gasteiger partial charge in [-0.25, -0.2) is 0 Å². The monoisotopic (exact) mass is 309 g/mol. The van der Waals surface area contributed by atoms with E-state index in [0.29, 0.717) is 0 Å². The molecule has 3 heterocycles. The third kappa shape index (κ3) is 3.35. The average molecular weight is 309 g/mol. The molecule has 1 saturated carbocycles. The summed E-state index contributed by atoms with van der Waals surface area (Å²) >= 11 is 0. The summed E-state index contributed by atoms with van der Waals surface area (Å²) in [7, 11) is 0. The first-order valence-electron chi connectivity index (χ1n) is 9.41. The number of likely N-dealkylation sites (tertiary alicyclic amines) is 1. The van der Waals surface area contributed by atoms with Crippen molar-refractivity contribution in [3.05, 3.63) is 0 Å². The smallest absolute Gasteiger partial charge is 0.168 e. The third-order valence-electron chi connectivity index (χ3n) is 6.44. The Hall–Kier alpha value is -0.160. The molecule has 1 atom stereocenters. The minimum absolute atomic E-state index is 0.188. The molecule has 0 bridgehead atoms. The molecule has 0 amide bonds. The zero-order valence-corrected chi connectivity index (χ0v) is 13.8. The lowest BCUT2D eigenvalue weighted by Gasteiger charge is -2.36. The predicted molar refractivity (Wildman–Crippen MR) is 84.7 cm³/mol. The van der Waals surface area contributed by atoms with Gasteiger partial charge in [-0.1, -0.05) is 0 Å². The predicted octanol–water partition coefficient (Wildman–Crippen LogP) is 2.67. The zero-order chi connectivity index (χ0) is 14.8. The van der Waals surface area contributed by atoms with Gasteiger partial charge in [0, 0.05) is 39.1 Å². The van der Waals surface area contributed by atoms with Crippen LogP contribution in [0.5, 0.6) is 0 Å². The molecule has 0 N–H and O–H groups in total. The Morgan fingerprint density at radius 1 is 0.818 bits per heavy atom. The van der Waals surface area contributed by atoms with Crippen LogP contribution in [0.4, 0.5) is 0 Å². The Kier molecular flexibility index (Phi) is 4.72. The van der Waals surface area contributed by atoms with Crippen molar-refractivity contribution in [1.29, 1.82) is 0 Å². The fourth-order valence-corrected chi connectivity index (χ4v) is 5.05. The second-order valence-electron chi connectivity index (χ2n) is 7.81. The standard InChI is InChI=1S/C18H31NO3/c1-6-18(21-11-12-22-18)7-2-15(1)13-19-8-3-17(14-19)16-4-9-20-10-5-16/h15-17H,1-14H2/t17-/m0/s1. The van der Waals surface area contributed by atoms with E-state index in [2.05, 4.69) is 4.90 Å². The van der Waals surface area contributed by atoms with Crippen LogP contribution in [0.1, 0.15) is 44.9 Å². The molecule has 4 nitrogen and oxygen atoms in total. The summed E-state index contributed by atoms with van der Waals surface area (Å²) < 4.78 is 17.2. The van der Waals surface area contributed by atoms with Crippen molar-refractivity contribution in [2.45, 2.75) is 50.7 Å². The fourth-order valence-electron chi connectivity index (χ4n) is 5.05. The quantitative estimate of drug-likeness (QED) is 0.802. The maximum Gasteiger partial charge on any atom is 0.168 e. The highest BCUT2D eigenvalue weighted by Crippen LogP contribution is 2.39. The lowest BCUT2D eigenvalue weighted by atomic mass is 9.84. The Labute approximate surface area is 134 Å². The van der Waals surface area contributed by atoms with Crippen LogP contribution in [0.2, 0.25) is 0 Å². The SMILES string of the molecule is C1CC([C@H]2CCN(CC3CCC4(CC3)OCCO4)C2)CCO1. The highest BCUT2D eigenvalue weighted by atomic mass is 16.7. The van der Waals surface area contributed by atoms with Crippen molar-refractivity contribution < 1.29 is 14.2 Å². The van der Waals surface area contributed by atoms with Gasteiger partial charge < -0.3 is 19.1 Å². The first kappa shape index (κ1) is 15.4. The molecule has 4 fully saturated rings. The Morgan fingerprint density at radius 3 is 2.27 bits per heavy atom. The molecule has 3 saturated heterocycles. The van der Waals surface area contributed by atoms with Crippen molar-refractivity contribution in [3.63, 3.8) is 0 Å². The van der Waals surface area contributed by atoms with Crippen molar-refractivity contribution in [3.8, 4) is 0 Å². The summed E-state index contributed by atoms with van der Waals surface area (Å²) in [5, 5.41) is 0. The first-order valence-corrected chi connectivity index (χ1v) is 9.41. The summed E-state index contributed by atoms with van der Waals surface area (Å²) in [5.41, 5.74) is 0. The van der Waals surface area contributed by atoms with Crippen LogP contribution in [0, 0.1) is 17.8 Å². The number of ether oxygens (including phenoxy) is 3. The number of nitrogens with zero attached hydrogens (tertiary/aromatic N) is 1. The van der Waals surface area contributed by atoms with Crippen LogP contribution in [-0.2, 0) is 14.2 Å². The molecule has 4 heteroatoms. The summed E-state index contributed by atoms with van der Waals surface area (Å²) in [6.45, 7) is 7.52. The van der Waals surface area contributed by atoms with Crippen LogP contribution in [0.15, 0.2) is 0 Å². The van der Waals surface area contributed by atoms with E-state index < -0.39 is 0 Å². The molecular weight excluding hydrogens is 278 g/mol. The van der Waals surface area contributed by atoms with E-state index in [1.165, 1.54) is 51.7 Å². The number of hydrogen-bond acceptors (Lipinski definition) is 4. The van der Waals surface area contributed by atoms with E-state index in [9.17, 15) is 0 Å². The van der Waals surface area contributed by atoms with Crippen LogP contribution in [-0.4, -0.2) is 56.7 Å². The van der Waals surface area contributed by atoms with Gasteiger partial charge in [0.2, 0.25) is 0 Å². The van der Waals surface area contributed by atoms with Crippen molar-refractivity contribution in [1.82, 2.24) is 4.90 Å². The topological polar surface area (TPSA) is 30.9 Å². The molecule has 0 aromatic heterocycles. The van der Waals surface area contributed by atoms with Gasteiger partial charge in [0.05, 0.1) is 13.2 Å². The first-order chi connectivity index (χ1) is 10.8. The molecule has 0 radical (unpaired) electrons. The van der Waals surface area contributed by atoms with Gasteiger partial charge in [0.15, 0.2) is 5.79 Å². The third-order valence-corrected chi connectivity index (χ3v) is 6.44. The van der Waals surface area contributed by atoms with Crippen LogP contribution in [0.25, 0.3) is 0 Å². The molecule has 22 heavy (non-hydrogen) atoms. The molecule has 126 valence electrons. The highest BCUT2D eigenvalue weighted by Gasteiger charge is 2.41. The maximum atomic E-state index is 5.85. The van der Waals surface area contributed by atoms with Crippen LogP contribution < -0.4 is 0 Å². The zero-order valence-electron chi connectivity index (χ0n) is 13.8. The summed E-state index contributed by atoms with van der Waals surface area (Å²) in [5.74, 6) is 2.52. The van der Waals surface area contributed by atoms with Gasteiger partial charge in [-0.2, -0.15) is 0 Å². The lowest BCUT2D eigenvalue weighted by molar-refractivity contribution is -0.183. The van der Waals surface area contributed by atoms with E-state index in [1.807, 2.05) is 0 Å². The largest absolute Gasteiger partial charge is 0.381 e. The molecule has 0 aromatic rings.